The zero-order valence-electron chi connectivity index (χ0n) is 10.5. The minimum Gasteiger partial charge on any atom is -0.369 e. The van der Waals surface area contributed by atoms with Gasteiger partial charge in [-0.1, -0.05) is 11.2 Å². The molecule has 0 aromatic carbocycles. The Kier molecular flexibility index (Phi) is 3.27. The molecule has 0 spiro atoms. The van der Waals surface area contributed by atoms with E-state index in [-0.39, 0.29) is 17.7 Å². The van der Waals surface area contributed by atoms with Crippen molar-refractivity contribution in [1.29, 1.82) is 0 Å². The Morgan fingerprint density at radius 2 is 2.20 bits per heavy atom. The first-order valence-electron chi connectivity index (χ1n) is 6.26. The number of thiophene rings is 1. The summed E-state index contributed by atoms with van der Waals surface area (Å²) in [6.45, 7) is 0. The van der Waals surface area contributed by atoms with Gasteiger partial charge in [0.15, 0.2) is 11.6 Å². The first kappa shape index (κ1) is 12.9. The number of carbonyl (C=O) groups is 2. The van der Waals surface area contributed by atoms with Crippen molar-refractivity contribution in [2.45, 2.75) is 12.8 Å². The highest BCUT2D eigenvalue weighted by atomic mass is 32.1. The molecule has 6 nitrogen and oxygen atoms in total. The molecule has 2 heterocycles. The molecule has 0 radical (unpaired) electrons. The highest BCUT2D eigenvalue weighted by Crippen LogP contribution is 2.35. The van der Waals surface area contributed by atoms with Crippen LogP contribution in [0, 0.1) is 11.8 Å². The van der Waals surface area contributed by atoms with E-state index < -0.39 is 5.91 Å². The lowest BCUT2D eigenvalue weighted by Gasteiger charge is -2.32. The van der Waals surface area contributed by atoms with Gasteiger partial charge in [-0.25, -0.2) is 0 Å². The first-order valence-corrected chi connectivity index (χ1v) is 7.14. The van der Waals surface area contributed by atoms with Gasteiger partial charge in [-0.2, -0.15) is 0 Å². The molecule has 7 heteroatoms. The lowest BCUT2D eigenvalue weighted by atomic mass is 9.72. The van der Waals surface area contributed by atoms with Gasteiger partial charge < -0.3 is 15.6 Å². The molecule has 2 aromatic heterocycles. The fraction of sp³-hybridized carbons (Fsp3) is 0.308. The summed E-state index contributed by atoms with van der Waals surface area (Å²) in [5.41, 5.74) is 5.24. The molecule has 1 aliphatic carbocycles. The topological polar surface area (TPSA) is 98.2 Å². The highest BCUT2D eigenvalue weighted by molar-refractivity contribution is 7.13. The van der Waals surface area contributed by atoms with Gasteiger partial charge in [-0.3, -0.25) is 9.59 Å². The molecule has 2 aromatic rings. The van der Waals surface area contributed by atoms with Crippen molar-refractivity contribution in [2.75, 3.05) is 5.32 Å². The van der Waals surface area contributed by atoms with Crippen LogP contribution in [-0.2, 0) is 9.59 Å². The summed E-state index contributed by atoms with van der Waals surface area (Å²) in [5.74, 6) is -0.404. The maximum absolute atomic E-state index is 12.0. The Morgan fingerprint density at radius 1 is 1.40 bits per heavy atom. The quantitative estimate of drug-likeness (QED) is 0.898. The number of aromatic nitrogens is 1. The van der Waals surface area contributed by atoms with Crippen molar-refractivity contribution in [3.63, 3.8) is 0 Å². The second kappa shape index (κ2) is 5.09. The minimum atomic E-state index is -0.421. The van der Waals surface area contributed by atoms with E-state index in [0.717, 1.165) is 4.88 Å². The van der Waals surface area contributed by atoms with Gasteiger partial charge in [-0.15, -0.1) is 11.3 Å². The van der Waals surface area contributed by atoms with Gasteiger partial charge in [0.1, 0.15) is 0 Å². The van der Waals surface area contributed by atoms with Crippen LogP contribution in [0.25, 0.3) is 10.6 Å². The highest BCUT2D eigenvalue weighted by Gasteiger charge is 2.40. The van der Waals surface area contributed by atoms with E-state index in [2.05, 4.69) is 10.5 Å². The first-order chi connectivity index (χ1) is 9.65. The minimum absolute atomic E-state index is 0.230. The zero-order chi connectivity index (χ0) is 14.1. The van der Waals surface area contributed by atoms with E-state index >= 15 is 0 Å². The number of rotatable bonds is 4. The van der Waals surface area contributed by atoms with Crippen LogP contribution >= 0.6 is 11.3 Å². The third-order valence-electron chi connectivity index (χ3n) is 3.50. The third kappa shape index (κ3) is 2.32. The van der Waals surface area contributed by atoms with Crippen molar-refractivity contribution >= 4 is 29.0 Å². The van der Waals surface area contributed by atoms with Crippen LogP contribution < -0.4 is 11.1 Å². The van der Waals surface area contributed by atoms with E-state index in [1.807, 2.05) is 17.5 Å². The molecule has 0 bridgehead atoms. The number of anilines is 1. The van der Waals surface area contributed by atoms with E-state index in [4.69, 9.17) is 10.3 Å². The molecule has 3 N–H and O–H groups in total. The van der Waals surface area contributed by atoms with E-state index in [0.29, 0.717) is 24.4 Å². The molecule has 2 atom stereocenters. The van der Waals surface area contributed by atoms with Crippen molar-refractivity contribution in [3.8, 4) is 10.6 Å². The number of amides is 2. The molecular weight excluding hydrogens is 278 g/mol. The SMILES string of the molecule is NC(=O)C1CCC1C(=O)Nc1cc(-c2cccs2)on1. The van der Waals surface area contributed by atoms with Crippen LogP contribution in [0.1, 0.15) is 12.8 Å². The van der Waals surface area contributed by atoms with Crippen LogP contribution in [0.4, 0.5) is 5.82 Å². The number of primary amides is 1. The van der Waals surface area contributed by atoms with Gasteiger partial charge in [-0.05, 0) is 24.3 Å². The molecule has 2 unspecified atom stereocenters. The Hall–Kier alpha value is -2.15. The van der Waals surface area contributed by atoms with Crippen molar-refractivity contribution < 1.29 is 14.1 Å². The second-order valence-corrected chi connectivity index (χ2v) is 5.68. The molecule has 104 valence electrons. The molecule has 2 amide bonds. The molecule has 1 aliphatic rings. The maximum Gasteiger partial charge on any atom is 0.229 e. The van der Waals surface area contributed by atoms with Gasteiger partial charge in [0.25, 0.3) is 0 Å². The Bertz CT molecular complexity index is 635. The number of hydrogen-bond donors (Lipinski definition) is 2. The standard InChI is InChI=1S/C13H13N3O3S/c14-12(17)7-3-4-8(7)13(18)15-11-6-9(19-16-11)10-2-1-5-20-10/h1-2,5-8H,3-4H2,(H2,14,17)(H,15,16,18). The summed E-state index contributed by atoms with van der Waals surface area (Å²) in [6.07, 6.45) is 1.35. The second-order valence-electron chi connectivity index (χ2n) is 4.74. The van der Waals surface area contributed by atoms with Crippen LogP contribution in [0.3, 0.4) is 0 Å². The van der Waals surface area contributed by atoms with Crippen LogP contribution in [0.2, 0.25) is 0 Å². The summed E-state index contributed by atoms with van der Waals surface area (Å²) < 4.78 is 5.17. The average Bonchev–Trinajstić information content (AvgIpc) is 2.95. The maximum atomic E-state index is 12.0. The summed E-state index contributed by atoms with van der Waals surface area (Å²) in [4.78, 5) is 24.1. The van der Waals surface area contributed by atoms with Gasteiger partial charge in [0.05, 0.1) is 4.88 Å². The molecule has 0 aliphatic heterocycles. The molecule has 0 saturated heterocycles. The molecule has 1 fully saturated rings. The largest absolute Gasteiger partial charge is 0.369 e. The Labute approximate surface area is 118 Å². The fourth-order valence-electron chi connectivity index (χ4n) is 2.24. The summed E-state index contributed by atoms with van der Waals surface area (Å²) in [6, 6.07) is 5.49. The van der Waals surface area contributed by atoms with E-state index in [1.54, 1.807) is 6.07 Å². The lowest BCUT2D eigenvalue weighted by molar-refractivity contribution is -0.135. The third-order valence-corrected chi connectivity index (χ3v) is 4.39. The molecule has 3 rings (SSSR count). The molecule has 20 heavy (non-hydrogen) atoms. The average molecular weight is 291 g/mol. The Morgan fingerprint density at radius 3 is 2.80 bits per heavy atom. The molecular formula is C13H13N3O3S. The predicted octanol–water partition coefficient (Wildman–Crippen LogP) is 1.85. The molecule has 1 saturated carbocycles. The number of carbonyl (C=O) groups excluding carboxylic acids is 2. The number of nitrogens with two attached hydrogens (primary N) is 1. The fourth-order valence-corrected chi connectivity index (χ4v) is 2.92. The lowest BCUT2D eigenvalue weighted by Crippen LogP contribution is -2.43. The van der Waals surface area contributed by atoms with E-state index in [9.17, 15) is 9.59 Å². The van der Waals surface area contributed by atoms with E-state index in [1.165, 1.54) is 11.3 Å². The normalized spacial score (nSPS) is 21.2. The van der Waals surface area contributed by atoms with Crippen molar-refractivity contribution in [2.24, 2.45) is 17.6 Å². The predicted molar refractivity (Wildman–Crippen MR) is 73.9 cm³/mol. The van der Waals surface area contributed by atoms with Gasteiger partial charge in [0, 0.05) is 17.9 Å². The monoisotopic (exact) mass is 291 g/mol. The zero-order valence-corrected chi connectivity index (χ0v) is 11.4. The number of nitrogens with one attached hydrogen (secondary N) is 1. The van der Waals surface area contributed by atoms with Crippen molar-refractivity contribution in [3.05, 3.63) is 23.6 Å². The summed E-state index contributed by atoms with van der Waals surface area (Å²) >= 11 is 1.53. The van der Waals surface area contributed by atoms with Crippen LogP contribution in [0.5, 0.6) is 0 Å². The van der Waals surface area contributed by atoms with Crippen molar-refractivity contribution in [1.82, 2.24) is 5.16 Å². The smallest absolute Gasteiger partial charge is 0.229 e. The van der Waals surface area contributed by atoms with Crippen LogP contribution in [0.15, 0.2) is 28.1 Å². The van der Waals surface area contributed by atoms with Gasteiger partial charge in [0.2, 0.25) is 11.8 Å². The number of nitrogens with zero attached hydrogens (tertiary/aromatic N) is 1. The number of hydrogen-bond acceptors (Lipinski definition) is 5. The Balaban J connectivity index is 1.66. The van der Waals surface area contributed by atoms with Crippen LogP contribution in [-0.4, -0.2) is 17.0 Å². The summed E-state index contributed by atoms with van der Waals surface area (Å²) in [7, 11) is 0. The summed E-state index contributed by atoms with van der Waals surface area (Å²) in [5, 5.41) is 8.40. The van der Waals surface area contributed by atoms with Gasteiger partial charge >= 0.3 is 0 Å².